The molecule has 0 radical (unpaired) electrons. The third kappa shape index (κ3) is 3.03. The summed E-state index contributed by atoms with van der Waals surface area (Å²) < 4.78 is 4.93. The van der Waals surface area contributed by atoms with Gasteiger partial charge in [-0.15, -0.1) is 0 Å². The van der Waals surface area contributed by atoms with Gasteiger partial charge in [0.1, 0.15) is 5.76 Å². The van der Waals surface area contributed by atoms with E-state index in [9.17, 15) is 9.59 Å². The number of carbonyl (C=O) groups excluding carboxylic acids is 1. The molecule has 0 saturated heterocycles. The first-order chi connectivity index (χ1) is 9.38. The lowest BCUT2D eigenvalue weighted by atomic mass is 10.1. The molecule has 4 nitrogen and oxygen atoms in total. The highest BCUT2D eigenvalue weighted by atomic mass is 35.5. The van der Waals surface area contributed by atoms with Gasteiger partial charge in [0.2, 0.25) is 0 Å². The summed E-state index contributed by atoms with van der Waals surface area (Å²) >= 11 is 11.8. The number of benzene rings is 1. The van der Waals surface area contributed by atoms with Crippen LogP contribution in [0.1, 0.15) is 21.7 Å². The Hall–Kier alpha value is -1.78. The molecular formula is C14H11Cl2NO3. The number of aryl methyl sites for hydroxylation is 2. The molecule has 0 unspecified atom stereocenters. The van der Waals surface area contributed by atoms with Crippen LogP contribution in [-0.4, -0.2) is 5.91 Å². The van der Waals surface area contributed by atoms with Gasteiger partial charge in [-0.3, -0.25) is 4.79 Å². The maximum Gasteiger partial charge on any atom is 0.336 e. The van der Waals surface area contributed by atoms with E-state index in [0.29, 0.717) is 26.9 Å². The average molecular weight is 312 g/mol. The van der Waals surface area contributed by atoms with E-state index >= 15 is 0 Å². The molecule has 0 aliphatic rings. The van der Waals surface area contributed by atoms with E-state index in [0.717, 1.165) is 0 Å². The number of hydrogen-bond acceptors (Lipinski definition) is 3. The second kappa shape index (κ2) is 5.69. The van der Waals surface area contributed by atoms with Gasteiger partial charge in [-0.05, 0) is 37.6 Å². The van der Waals surface area contributed by atoms with Crippen LogP contribution in [-0.2, 0) is 0 Å². The zero-order chi connectivity index (χ0) is 14.9. The van der Waals surface area contributed by atoms with Crippen molar-refractivity contribution in [2.45, 2.75) is 13.8 Å². The minimum atomic E-state index is -0.489. The van der Waals surface area contributed by atoms with E-state index in [-0.39, 0.29) is 5.76 Å². The molecule has 1 aromatic carbocycles. The van der Waals surface area contributed by atoms with Crippen LogP contribution >= 0.6 is 23.2 Å². The van der Waals surface area contributed by atoms with Gasteiger partial charge in [-0.25, -0.2) is 4.79 Å². The minimum Gasteiger partial charge on any atom is -0.427 e. The van der Waals surface area contributed by atoms with E-state index in [4.69, 9.17) is 27.6 Å². The number of anilines is 1. The summed E-state index contributed by atoms with van der Waals surface area (Å²) in [5.41, 5.74) is 0.751. The first-order valence-electron chi connectivity index (χ1n) is 5.76. The van der Waals surface area contributed by atoms with E-state index in [1.165, 1.54) is 6.07 Å². The van der Waals surface area contributed by atoms with Crippen LogP contribution in [0.2, 0.25) is 10.0 Å². The summed E-state index contributed by atoms with van der Waals surface area (Å²) in [7, 11) is 0. The molecule has 1 N–H and O–H groups in total. The Kier molecular flexibility index (Phi) is 4.16. The number of rotatable bonds is 2. The van der Waals surface area contributed by atoms with E-state index in [1.54, 1.807) is 32.0 Å². The summed E-state index contributed by atoms with van der Waals surface area (Å²) in [6.45, 7) is 3.22. The van der Waals surface area contributed by atoms with Gasteiger partial charge in [-0.1, -0.05) is 23.2 Å². The summed E-state index contributed by atoms with van der Waals surface area (Å²) in [5, 5.41) is 3.48. The third-order valence-corrected chi connectivity index (χ3v) is 3.30. The summed E-state index contributed by atoms with van der Waals surface area (Å²) in [6.07, 6.45) is 0. The van der Waals surface area contributed by atoms with Crippen molar-refractivity contribution in [2.75, 3.05) is 5.32 Å². The minimum absolute atomic E-state index is 0.255. The fraction of sp³-hybridized carbons (Fsp3) is 0.143. The Morgan fingerprint density at radius 1 is 1.20 bits per heavy atom. The molecule has 6 heteroatoms. The first kappa shape index (κ1) is 14.6. The SMILES string of the molecule is Cc1cc(=O)oc(C)c1C(=O)Nc1cc(Cl)ccc1Cl. The smallest absolute Gasteiger partial charge is 0.336 e. The highest BCUT2D eigenvalue weighted by molar-refractivity contribution is 6.35. The molecule has 0 spiro atoms. The molecule has 1 amide bonds. The molecule has 0 bridgehead atoms. The van der Waals surface area contributed by atoms with Crippen molar-refractivity contribution in [3.8, 4) is 0 Å². The molecular weight excluding hydrogens is 301 g/mol. The van der Waals surface area contributed by atoms with Crippen molar-refractivity contribution >= 4 is 34.8 Å². The van der Waals surface area contributed by atoms with Gasteiger partial charge >= 0.3 is 5.63 Å². The summed E-state index contributed by atoms with van der Waals surface area (Å²) in [6, 6.07) is 6.02. The number of nitrogens with one attached hydrogen (secondary N) is 1. The normalized spacial score (nSPS) is 10.4. The molecule has 0 aliphatic carbocycles. The van der Waals surface area contributed by atoms with Crippen molar-refractivity contribution < 1.29 is 9.21 Å². The molecule has 0 saturated carbocycles. The topological polar surface area (TPSA) is 59.3 Å². The lowest BCUT2D eigenvalue weighted by Crippen LogP contribution is -2.17. The van der Waals surface area contributed by atoms with Crippen molar-refractivity contribution in [2.24, 2.45) is 0 Å². The van der Waals surface area contributed by atoms with Crippen LogP contribution in [0.4, 0.5) is 5.69 Å². The fourth-order valence-corrected chi connectivity index (χ4v) is 2.21. The van der Waals surface area contributed by atoms with Crippen molar-refractivity contribution in [1.82, 2.24) is 0 Å². The maximum absolute atomic E-state index is 12.3. The predicted molar refractivity (Wildman–Crippen MR) is 78.9 cm³/mol. The summed E-state index contributed by atoms with van der Waals surface area (Å²) in [5.74, 6) is -0.154. The standard InChI is InChI=1S/C14H11Cl2NO3/c1-7-5-12(18)20-8(2)13(7)14(19)17-11-6-9(15)3-4-10(11)16/h3-6H,1-2H3,(H,17,19). The maximum atomic E-state index is 12.3. The number of halogens is 2. The van der Waals surface area contributed by atoms with Crippen molar-refractivity contribution in [1.29, 1.82) is 0 Å². The van der Waals surface area contributed by atoms with Gasteiger partial charge in [0.25, 0.3) is 5.91 Å². The van der Waals surface area contributed by atoms with Gasteiger partial charge in [-0.2, -0.15) is 0 Å². The van der Waals surface area contributed by atoms with Gasteiger partial charge in [0, 0.05) is 11.1 Å². The quantitative estimate of drug-likeness (QED) is 0.917. The summed E-state index contributed by atoms with van der Waals surface area (Å²) in [4.78, 5) is 23.5. The highest BCUT2D eigenvalue weighted by Crippen LogP contribution is 2.26. The van der Waals surface area contributed by atoms with Crippen LogP contribution in [0.15, 0.2) is 33.5 Å². The Labute approximate surface area is 125 Å². The van der Waals surface area contributed by atoms with E-state index in [2.05, 4.69) is 5.32 Å². The van der Waals surface area contributed by atoms with Gasteiger partial charge in [0.05, 0.1) is 16.3 Å². The molecule has 20 heavy (non-hydrogen) atoms. The first-order valence-corrected chi connectivity index (χ1v) is 6.52. The van der Waals surface area contributed by atoms with Crippen LogP contribution in [0.5, 0.6) is 0 Å². The predicted octanol–water partition coefficient (Wildman–Crippen LogP) is 3.82. The van der Waals surface area contributed by atoms with Gasteiger partial charge in [0.15, 0.2) is 0 Å². The Morgan fingerprint density at radius 3 is 2.55 bits per heavy atom. The van der Waals surface area contributed by atoms with E-state index < -0.39 is 11.5 Å². The molecule has 0 aliphatic heterocycles. The van der Waals surface area contributed by atoms with Crippen molar-refractivity contribution in [3.05, 3.63) is 61.6 Å². The average Bonchev–Trinajstić information content (AvgIpc) is 2.32. The van der Waals surface area contributed by atoms with Gasteiger partial charge < -0.3 is 9.73 Å². The molecule has 0 atom stereocenters. The molecule has 1 heterocycles. The second-order valence-corrected chi connectivity index (χ2v) is 5.10. The molecule has 0 fully saturated rings. The number of carbonyl (C=O) groups is 1. The monoisotopic (exact) mass is 311 g/mol. The second-order valence-electron chi connectivity index (χ2n) is 4.26. The lowest BCUT2D eigenvalue weighted by Gasteiger charge is -2.10. The van der Waals surface area contributed by atoms with E-state index in [1.807, 2.05) is 0 Å². The number of hydrogen-bond donors (Lipinski definition) is 1. The van der Waals surface area contributed by atoms with Crippen LogP contribution in [0, 0.1) is 13.8 Å². The molecule has 1 aromatic heterocycles. The van der Waals surface area contributed by atoms with Crippen LogP contribution < -0.4 is 10.9 Å². The molecule has 2 rings (SSSR count). The fourth-order valence-electron chi connectivity index (χ4n) is 1.88. The zero-order valence-corrected chi connectivity index (χ0v) is 12.3. The molecule has 104 valence electrons. The van der Waals surface area contributed by atoms with Crippen molar-refractivity contribution in [3.63, 3.8) is 0 Å². The van der Waals surface area contributed by atoms with Crippen LogP contribution in [0.25, 0.3) is 0 Å². The Bertz CT molecular complexity index is 711. The Morgan fingerprint density at radius 2 is 1.90 bits per heavy atom. The molecule has 2 aromatic rings. The highest BCUT2D eigenvalue weighted by Gasteiger charge is 2.16. The lowest BCUT2D eigenvalue weighted by molar-refractivity contribution is 0.102. The third-order valence-electron chi connectivity index (χ3n) is 2.74. The largest absolute Gasteiger partial charge is 0.427 e. The van der Waals surface area contributed by atoms with Crippen LogP contribution in [0.3, 0.4) is 0 Å². The Balaban J connectivity index is 2.38. The zero-order valence-electron chi connectivity index (χ0n) is 10.8. The number of amides is 1.